The van der Waals surface area contributed by atoms with Crippen molar-refractivity contribution in [1.82, 2.24) is 14.7 Å². The molecule has 0 N–H and O–H groups in total. The minimum absolute atomic E-state index is 0.0898. The number of rotatable bonds is 5. The molecule has 1 aromatic carbocycles. The SMILES string of the molecule is CC(C)C(C#N)N1CCN(C(=O)CN2CCOC(c3ccc(F)cc3)C2)CC1. The molecular formula is C21H29FN4O2. The lowest BCUT2D eigenvalue weighted by atomic mass is 10.0. The molecule has 6 nitrogen and oxygen atoms in total. The maximum Gasteiger partial charge on any atom is 0.236 e. The number of carbonyl (C=O) groups is 1. The first-order valence-corrected chi connectivity index (χ1v) is 9.99. The summed E-state index contributed by atoms with van der Waals surface area (Å²) in [4.78, 5) is 18.9. The van der Waals surface area contributed by atoms with E-state index in [4.69, 9.17) is 4.74 Å². The molecule has 2 heterocycles. The molecule has 2 aliphatic heterocycles. The average molecular weight is 388 g/mol. The van der Waals surface area contributed by atoms with E-state index in [1.165, 1.54) is 12.1 Å². The van der Waals surface area contributed by atoms with Crippen LogP contribution in [-0.4, -0.2) is 79.1 Å². The number of amides is 1. The fourth-order valence-electron chi connectivity index (χ4n) is 3.92. The molecule has 0 aromatic heterocycles. The smallest absolute Gasteiger partial charge is 0.236 e. The molecule has 3 rings (SSSR count). The number of hydrogen-bond acceptors (Lipinski definition) is 5. The van der Waals surface area contributed by atoms with Gasteiger partial charge in [-0.25, -0.2) is 4.39 Å². The Morgan fingerprint density at radius 1 is 1.21 bits per heavy atom. The summed E-state index contributed by atoms with van der Waals surface area (Å²) in [6.45, 7) is 9.18. The maximum atomic E-state index is 13.1. The van der Waals surface area contributed by atoms with Gasteiger partial charge in [-0.15, -0.1) is 0 Å². The molecule has 0 aliphatic carbocycles. The predicted molar refractivity (Wildman–Crippen MR) is 104 cm³/mol. The number of morpholine rings is 1. The molecule has 7 heteroatoms. The molecule has 2 unspecified atom stereocenters. The highest BCUT2D eigenvalue weighted by Gasteiger charge is 2.29. The van der Waals surface area contributed by atoms with E-state index in [1.54, 1.807) is 12.1 Å². The zero-order chi connectivity index (χ0) is 20.1. The number of ether oxygens (including phenoxy) is 1. The first-order valence-electron chi connectivity index (χ1n) is 9.99. The van der Waals surface area contributed by atoms with Gasteiger partial charge in [-0.3, -0.25) is 14.6 Å². The maximum absolute atomic E-state index is 13.1. The van der Waals surface area contributed by atoms with E-state index in [2.05, 4.69) is 29.7 Å². The lowest BCUT2D eigenvalue weighted by Crippen LogP contribution is -2.55. The Morgan fingerprint density at radius 2 is 1.89 bits per heavy atom. The van der Waals surface area contributed by atoms with Crippen molar-refractivity contribution in [3.63, 3.8) is 0 Å². The number of nitrogens with zero attached hydrogens (tertiary/aromatic N) is 4. The van der Waals surface area contributed by atoms with Gasteiger partial charge in [-0.2, -0.15) is 5.26 Å². The van der Waals surface area contributed by atoms with Crippen LogP contribution < -0.4 is 0 Å². The van der Waals surface area contributed by atoms with Crippen molar-refractivity contribution >= 4 is 5.91 Å². The fraction of sp³-hybridized carbons (Fsp3) is 0.619. The predicted octanol–water partition coefficient (Wildman–Crippen LogP) is 1.89. The highest BCUT2D eigenvalue weighted by Crippen LogP contribution is 2.22. The third-order valence-corrected chi connectivity index (χ3v) is 5.58. The van der Waals surface area contributed by atoms with Crippen molar-refractivity contribution in [3.05, 3.63) is 35.6 Å². The van der Waals surface area contributed by atoms with Crippen LogP contribution in [0.4, 0.5) is 4.39 Å². The molecule has 2 atom stereocenters. The van der Waals surface area contributed by atoms with Gasteiger partial charge in [0.25, 0.3) is 0 Å². The third kappa shape index (κ3) is 5.07. The van der Waals surface area contributed by atoms with Crippen LogP contribution in [0.15, 0.2) is 24.3 Å². The van der Waals surface area contributed by atoms with E-state index in [0.717, 1.165) is 18.7 Å². The van der Waals surface area contributed by atoms with Gasteiger partial charge in [0.2, 0.25) is 5.91 Å². The van der Waals surface area contributed by atoms with Crippen LogP contribution in [0.5, 0.6) is 0 Å². The number of halogens is 1. The Labute approximate surface area is 166 Å². The van der Waals surface area contributed by atoms with E-state index in [9.17, 15) is 14.4 Å². The number of carbonyl (C=O) groups excluding carboxylic acids is 1. The van der Waals surface area contributed by atoms with Crippen molar-refractivity contribution in [2.75, 3.05) is 52.4 Å². The average Bonchev–Trinajstić information content (AvgIpc) is 2.69. The molecule has 1 aromatic rings. The van der Waals surface area contributed by atoms with Gasteiger partial charge >= 0.3 is 0 Å². The summed E-state index contributed by atoms with van der Waals surface area (Å²) in [5, 5.41) is 9.36. The Bertz CT molecular complexity index is 695. The minimum Gasteiger partial charge on any atom is -0.371 e. The monoisotopic (exact) mass is 388 g/mol. The van der Waals surface area contributed by atoms with Crippen LogP contribution in [0.25, 0.3) is 0 Å². The molecule has 152 valence electrons. The van der Waals surface area contributed by atoms with Crippen LogP contribution in [0.3, 0.4) is 0 Å². The molecule has 0 bridgehead atoms. The van der Waals surface area contributed by atoms with Crippen LogP contribution in [0, 0.1) is 23.1 Å². The molecule has 1 amide bonds. The molecule has 28 heavy (non-hydrogen) atoms. The quantitative estimate of drug-likeness (QED) is 0.771. The Balaban J connectivity index is 1.50. The number of hydrogen-bond donors (Lipinski definition) is 0. The lowest BCUT2D eigenvalue weighted by Gasteiger charge is -2.39. The lowest BCUT2D eigenvalue weighted by molar-refractivity contribution is -0.136. The van der Waals surface area contributed by atoms with Crippen LogP contribution in [-0.2, 0) is 9.53 Å². The summed E-state index contributed by atoms with van der Waals surface area (Å²) in [6, 6.07) is 8.65. The van der Waals surface area contributed by atoms with Crippen molar-refractivity contribution in [2.24, 2.45) is 5.92 Å². The largest absolute Gasteiger partial charge is 0.371 e. The molecule has 0 saturated carbocycles. The van der Waals surface area contributed by atoms with E-state index in [1.807, 2.05) is 4.90 Å². The summed E-state index contributed by atoms with van der Waals surface area (Å²) in [6.07, 6.45) is -0.138. The standard InChI is InChI=1S/C21H29FN4O2/c1-16(2)19(13-23)25-7-9-26(10-8-25)21(27)15-24-11-12-28-20(14-24)17-3-5-18(22)6-4-17/h3-6,16,19-20H,7-12,14-15H2,1-2H3. The van der Waals surface area contributed by atoms with Crippen LogP contribution in [0.2, 0.25) is 0 Å². The Morgan fingerprint density at radius 3 is 2.50 bits per heavy atom. The molecule has 2 saturated heterocycles. The fourth-order valence-corrected chi connectivity index (χ4v) is 3.92. The second-order valence-corrected chi connectivity index (χ2v) is 7.88. The number of benzene rings is 1. The normalized spacial score (nSPS) is 22.8. The summed E-state index contributed by atoms with van der Waals surface area (Å²) in [5.41, 5.74) is 0.934. The van der Waals surface area contributed by atoms with Gasteiger partial charge in [-0.05, 0) is 23.6 Å². The van der Waals surface area contributed by atoms with Crippen LogP contribution in [0.1, 0.15) is 25.5 Å². The van der Waals surface area contributed by atoms with Crippen LogP contribution >= 0.6 is 0 Å². The van der Waals surface area contributed by atoms with E-state index in [0.29, 0.717) is 39.3 Å². The molecule has 0 spiro atoms. The molecule has 0 radical (unpaired) electrons. The van der Waals surface area contributed by atoms with Gasteiger partial charge in [0, 0.05) is 39.3 Å². The second-order valence-electron chi connectivity index (χ2n) is 7.88. The van der Waals surface area contributed by atoms with Crippen molar-refractivity contribution < 1.29 is 13.9 Å². The van der Waals surface area contributed by atoms with Gasteiger partial charge in [0.05, 0.1) is 25.3 Å². The van der Waals surface area contributed by atoms with Crippen molar-refractivity contribution in [2.45, 2.75) is 26.0 Å². The third-order valence-electron chi connectivity index (χ3n) is 5.58. The second kappa shape index (κ2) is 9.46. The Hall–Kier alpha value is -2.01. The topological polar surface area (TPSA) is 59.8 Å². The zero-order valence-corrected chi connectivity index (χ0v) is 16.7. The summed E-state index contributed by atoms with van der Waals surface area (Å²) < 4.78 is 18.9. The molecule has 2 aliphatic rings. The highest BCUT2D eigenvalue weighted by molar-refractivity contribution is 5.78. The summed E-state index contributed by atoms with van der Waals surface area (Å²) in [5.74, 6) is 0.142. The van der Waals surface area contributed by atoms with E-state index >= 15 is 0 Å². The van der Waals surface area contributed by atoms with Crippen molar-refractivity contribution in [3.8, 4) is 6.07 Å². The van der Waals surface area contributed by atoms with E-state index in [-0.39, 0.29) is 29.8 Å². The van der Waals surface area contributed by atoms with E-state index < -0.39 is 0 Å². The van der Waals surface area contributed by atoms with Gasteiger partial charge in [-0.1, -0.05) is 26.0 Å². The first-order chi connectivity index (χ1) is 13.5. The summed E-state index contributed by atoms with van der Waals surface area (Å²) >= 11 is 0. The van der Waals surface area contributed by atoms with Gasteiger partial charge in [0.1, 0.15) is 11.9 Å². The van der Waals surface area contributed by atoms with Gasteiger partial charge in [0.15, 0.2) is 0 Å². The number of nitriles is 1. The summed E-state index contributed by atoms with van der Waals surface area (Å²) in [7, 11) is 0. The molecular weight excluding hydrogens is 359 g/mol. The minimum atomic E-state index is -0.262. The number of piperazine rings is 1. The zero-order valence-electron chi connectivity index (χ0n) is 16.7. The molecule has 2 fully saturated rings. The van der Waals surface area contributed by atoms with Crippen molar-refractivity contribution in [1.29, 1.82) is 5.26 Å². The van der Waals surface area contributed by atoms with Gasteiger partial charge < -0.3 is 9.64 Å². The Kier molecular flexibility index (Phi) is 7.00. The first kappa shape index (κ1) is 20.7. The highest BCUT2D eigenvalue weighted by atomic mass is 19.1.